The van der Waals surface area contributed by atoms with Crippen molar-refractivity contribution in [1.82, 2.24) is 4.98 Å². The van der Waals surface area contributed by atoms with Gasteiger partial charge in [-0.2, -0.15) is 0 Å². The second kappa shape index (κ2) is 6.56. The van der Waals surface area contributed by atoms with E-state index >= 15 is 0 Å². The van der Waals surface area contributed by atoms with Crippen LogP contribution in [0.3, 0.4) is 0 Å². The van der Waals surface area contributed by atoms with Gasteiger partial charge in [-0.05, 0) is 23.8 Å². The maximum Gasteiger partial charge on any atom is 0.343 e. The standard InChI is InChI=1S/C15H16N2O3/c1-19-15(18)12-6-4-9-17-14(12)20-10-8-11-5-2-3-7-13(11)16/h2-7,9H,8,10,16H2,1H3. The Morgan fingerprint density at radius 2 is 2.05 bits per heavy atom. The van der Waals surface area contributed by atoms with Crippen LogP contribution in [0.15, 0.2) is 42.6 Å². The number of hydrogen-bond donors (Lipinski definition) is 1. The van der Waals surface area contributed by atoms with Crippen molar-refractivity contribution in [3.05, 3.63) is 53.7 Å². The van der Waals surface area contributed by atoms with Crippen LogP contribution in [0.1, 0.15) is 15.9 Å². The Balaban J connectivity index is 2.01. The number of benzene rings is 1. The maximum atomic E-state index is 11.6. The number of pyridine rings is 1. The summed E-state index contributed by atoms with van der Waals surface area (Å²) in [5, 5.41) is 0. The third-order valence-electron chi connectivity index (χ3n) is 2.84. The summed E-state index contributed by atoms with van der Waals surface area (Å²) in [7, 11) is 1.32. The predicted octanol–water partition coefficient (Wildman–Crippen LogP) is 2.07. The molecular weight excluding hydrogens is 256 g/mol. The van der Waals surface area contributed by atoms with Gasteiger partial charge in [-0.1, -0.05) is 18.2 Å². The molecule has 5 heteroatoms. The van der Waals surface area contributed by atoms with Crippen LogP contribution in [0.4, 0.5) is 5.69 Å². The molecular formula is C15H16N2O3. The Kier molecular flexibility index (Phi) is 4.55. The Bertz CT molecular complexity index is 599. The molecule has 104 valence electrons. The van der Waals surface area contributed by atoms with Crippen molar-refractivity contribution in [2.45, 2.75) is 6.42 Å². The lowest BCUT2D eigenvalue weighted by Gasteiger charge is -2.09. The number of ether oxygens (including phenoxy) is 2. The van der Waals surface area contributed by atoms with Gasteiger partial charge in [-0.15, -0.1) is 0 Å². The zero-order valence-corrected chi connectivity index (χ0v) is 11.2. The molecule has 0 atom stereocenters. The normalized spacial score (nSPS) is 10.1. The zero-order chi connectivity index (χ0) is 14.4. The number of rotatable bonds is 5. The zero-order valence-electron chi connectivity index (χ0n) is 11.2. The van der Waals surface area contributed by atoms with Gasteiger partial charge >= 0.3 is 5.97 Å². The van der Waals surface area contributed by atoms with Gasteiger partial charge in [-0.25, -0.2) is 9.78 Å². The first-order valence-electron chi connectivity index (χ1n) is 6.22. The topological polar surface area (TPSA) is 74.4 Å². The molecule has 1 heterocycles. The fourth-order valence-electron chi connectivity index (χ4n) is 1.79. The number of esters is 1. The molecule has 0 unspecified atom stereocenters. The van der Waals surface area contributed by atoms with Crippen molar-refractivity contribution >= 4 is 11.7 Å². The van der Waals surface area contributed by atoms with E-state index in [1.54, 1.807) is 18.3 Å². The third-order valence-corrected chi connectivity index (χ3v) is 2.84. The Morgan fingerprint density at radius 1 is 1.25 bits per heavy atom. The van der Waals surface area contributed by atoms with E-state index in [4.69, 9.17) is 10.5 Å². The molecule has 1 aromatic carbocycles. The Morgan fingerprint density at radius 3 is 2.80 bits per heavy atom. The molecule has 0 radical (unpaired) electrons. The van der Waals surface area contributed by atoms with Gasteiger partial charge in [0.05, 0.1) is 13.7 Å². The molecule has 2 aromatic rings. The summed E-state index contributed by atoms with van der Waals surface area (Å²) in [5.41, 5.74) is 7.90. The summed E-state index contributed by atoms with van der Waals surface area (Å²) in [5.74, 6) is -0.193. The molecule has 0 saturated heterocycles. The second-order valence-electron chi connectivity index (χ2n) is 4.14. The molecule has 0 amide bonds. The van der Waals surface area contributed by atoms with Crippen molar-refractivity contribution in [2.24, 2.45) is 0 Å². The molecule has 2 rings (SSSR count). The average molecular weight is 272 g/mol. The van der Waals surface area contributed by atoms with Crippen LogP contribution >= 0.6 is 0 Å². The minimum atomic E-state index is -0.465. The van der Waals surface area contributed by atoms with Gasteiger partial charge in [-0.3, -0.25) is 0 Å². The molecule has 0 bridgehead atoms. The Labute approximate surface area is 117 Å². The Hall–Kier alpha value is -2.56. The van der Waals surface area contributed by atoms with Crippen molar-refractivity contribution in [3.63, 3.8) is 0 Å². The fourth-order valence-corrected chi connectivity index (χ4v) is 1.79. The van der Waals surface area contributed by atoms with E-state index in [1.165, 1.54) is 7.11 Å². The summed E-state index contributed by atoms with van der Waals surface area (Å²) in [6, 6.07) is 10.9. The highest BCUT2D eigenvalue weighted by molar-refractivity contribution is 5.91. The number of nitrogens with zero attached hydrogens (tertiary/aromatic N) is 1. The smallest absolute Gasteiger partial charge is 0.343 e. The highest BCUT2D eigenvalue weighted by Crippen LogP contribution is 2.16. The number of nitrogen functional groups attached to an aromatic ring is 1. The number of para-hydroxylation sites is 1. The lowest BCUT2D eigenvalue weighted by Crippen LogP contribution is -2.10. The first kappa shape index (κ1) is 13.9. The minimum Gasteiger partial charge on any atom is -0.477 e. The molecule has 0 aliphatic carbocycles. The first-order chi connectivity index (χ1) is 9.72. The van der Waals surface area contributed by atoms with Crippen molar-refractivity contribution in [3.8, 4) is 5.88 Å². The molecule has 0 fully saturated rings. The number of anilines is 1. The number of nitrogens with two attached hydrogens (primary N) is 1. The van der Waals surface area contributed by atoms with Gasteiger partial charge in [0.15, 0.2) is 0 Å². The van der Waals surface area contributed by atoms with E-state index < -0.39 is 5.97 Å². The van der Waals surface area contributed by atoms with Gasteiger partial charge in [0, 0.05) is 18.3 Å². The summed E-state index contributed by atoms with van der Waals surface area (Å²) >= 11 is 0. The van der Waals surface area contributed by atoms with Crippen LogP contribution in [-0.4, -0.2) is 24.7 Å². The average Bonchev–Trinajstić information content (AvgIpc) is 2.49. The van der Waals surface area contributed by atoms with E-state index in [2.05, 4.69) is 9.72 Å². The fraction of sp³-hybridized carbons (Fsp3) is 0.200. The van der Waals surface area contributed by atoms with Crippen LogP contribution in [0.25, 0.3) is 0 Å². The predicted molar refractivity (Wildman–Crippen MR) is 75.6 cm³/mol. The molecule has 0 spiro atoms. The van der Waals surface area contributed by atoms with E-state index in [0.717, 1.165) is 11.3 Å². The lowest BCUT2D eigenvalue weighted by atomic mass is 10.1. The molecule has 2 N–H and O–H groups in total. The van der Waals surface area contributed by atoms with E-state index in [0.29, 0.717) is 18.6 Å². The number of carbonyl (C=O) groups excluding carboxylic acids is 1. The summed E-state index contributed by atoms with van der Waals surface area (Å²) < 4.78 is 10.2. The highest BCUT2D eigenvalue weighted by atomic mass is 16.5. The van der Waals surface area contributed by atoms with Crippen molar-refractivity contribution < 1.29 is 14.3 Å². The van der Waals surface area contributed by atoms with Gasteiger partial charge in [0.1, 0.15) is 5.56 Å². The van der Waals surface area contributed by atoms with Crippen LogP contribution in [0.2, 0.25) is 0 Å². The summed E-state index contributed by atoms with van der Waals surface area (Å²) in [6.07, 6.45) is 2.21. The number of carbonyl (C=O) groups is 1. The van der Waals surface area contributed by atoms with Gasteiger partial charge in [0.25, 0.3) is 0 Å². The van der Waals surface area contributed by atoms with Crippen molar-refractivity contribution in [2.75, 3.05) is 19.5 Å². The molecule has 1 aromatic heterocycles. The molecule has 20 heavy (non-hydrogen) atoms. The molecule has 0 aliphatic heterocycles. The second-order valence-corrected chi connectivity index (χ2v) is 4.14. The molecule has 5 nitrogen and oxygen atoms in total. The van der Waals surface area contributed by atoms with Crippen LogP contribution in [0.5, 0.6) is 5.88 Å². The third kappa shape index (κ3) is 3.26. The molecule has 0 saturated carbocycles. The van der Waals surface area contributed by atoms with Crippen LogP contribution < -0.4 is 10.5 Å². The number of aromatic nitrogens is 1. The summed E-state index contributed by atoms with van der Waals surface area (Å²) in [6.45, 7) is 0.384. The van der Waals surface area contributed by atoms with Crippen LogP contribution in [-0.2, 0) is 11.2 Å². The first-order valence-corrected chi connectivity index (χ1v) is 6.22. The van der Waals surface area contributed by atoms with E-state index in [-0.39, 0.29) is 5.88 Å². The highest BCUT2D eigenvalue weighted by Gasteiger charge is 2.13. The monoisotopic (exact) mass is 272 g/mol. The lowest BCUT2D eigenvalue weighted by molar-refractivity contribution is 0.0595. The van der Waals surface area contributed by atoms with Crippen molar-refractivity contribution in [1.29, 1.82) is 0 Å². The largest absolute Gasteiger partial charge is 0.477 e. The van der Waals surface area contributed by atoms with E-state index in [9.17, 15) is 4.79 Å². The summed E-state index contributed by atoms with van der Waals surface area (Å²) in [4.78, 5) is 15.6. The quantitative estimate of drug-likeness (QED) is 0.666. The molecule has 0 aliphatic rings. The minimum absolute atomic E-state index is 0.272. The number of hydrogen-bond acceptors (Lipinski definition) is 5. The van der Waals surface area contributed by atoms with Gasteiger partial charge < -0.3 is 15.2 Å². The SMILES string of the molecule is COC(=O)c1cccnc1OCCc1ccccc1N. The van der Waals surface area contributed by atoms with E-state index in [1.807, 2.05) is 24.3 Å². The number of methoxy groups -OCH3 is 1. The van der Waals surface area contributed by atoms with Gasteiger partial charge in [0.2, 0.25) is 5.88 Å². The van der Waals surface area contributed by atoms with Crippen LogP contribution in [0, 0.1) is 0 Å². The maximum absolute atomic E-state index is 11.6.